The molecule has 0 atom stereocenters. The van der Waals surface area contributed by atoms with E-state index in [2.05, 4.69) is 43.2 Å². The van der Waals surface area contributed by atoms with Gasteiger partial charge in [0.25, 0.3) is 0 Å². The zero-order valence-corrected chi connectivity index (χ0v) is 10.1. The van der Waals surface area contributed by atoms with Gasteiger partial charge in [-0.05, 0) is 11.4 Å². The lowest BCUT2D eigenvalue weighted by Crippen LogP contribution is -2.36. The summed E-state index contributed by atoms with van der Waals surface area (Å²) in [6.07, 6.45) is 0. The molecular formula is C10H15NOS2. The standard InChI is InChI=1S/C10H15NOS2/c1-10(2,7-11-9(12)6-13)8-4-3-5-14-8/h3-5,13H,6-7H2,1-2H3,(H,11,12). The first-order chi connectivity index (χ1) is 6.56. The zero-order chi connectivity index (χ0) is 10.6. The Morgan fingerprint density at radius 3 is 2.86 bits per heavy atom. The number of carbonyl (C=O) groups is 1. The molecule has 0 saturated carbocycles. The van der Waals surface area contributed by atoms with E-state index in [1.807, 2.05) is 6.07 Å². The van der Waals surface area contributed by atoms with Crippen LogP contribution in [0.3, 0.4) is 0 Å². The van der Waals surface area contributed by atoms with Gasteiger partial charge in [0, 0.05) is 16.8 Å². The quantitative estimate of drug-likeness (QED) is 0.760. The molecule has 4 heteroatoms. The summed E-state index contributed by atoms with van der Waals surface area (Å²) < 4.78 is 0. The average Bonchev–Trinajstić information content (AvgIpc) is 2.67. The number of hydrogen-bond acceptors (Lipinski definition) is 3. The van der Waals surface area contributed by atoms with Crippen molar-refractivity contribution in [3.8, 4) is 0 Å². The molecule has 0 radical (unpaired) electrons. The van der Waals surface area contributed by atoms with E-state index in [0.717, 1.165) is 0 Å². The first-order valence-corrected chi connectivity index (χ1v) is 5.99. The Hall–Kier alpha value is -0.480. The van der Waals surface area contributed by atoms with Crippen LogP contribution in [0.5, 0.6) is 0 Å². The molecule has 0 bridgehead atoms. The Kier molecular flexibility index (Phi) is 4.01. The van der Waals surface area contributed by atoms with Crippen LogP contribution >= 0.6 is 24.0 Å². The van der Waals surface area contributed by atoms with Crippen molar-refractivity contribution >= 4 is 29.9 Å². The fraction of sp³-hybridized carbons (Fsp3) is 0.500. The summed E-state index contributed by atoms with van der Waals surface area (Å²) in [6.45, 7) is 4.90. The minimum Gasteiger partial charge on any atom is -0.354 e. The number of hydrogen-bond donors (Lipinski definition) is 2. The summed E-state index contributed by atoms with van der Waals surface area (Å²) >= 11 is 5.63. The molecule has 0 saturated heterocycles. The molecule has 1 rings (SSSR count). The van der Waals surface area contributed by atoms with Gasteiger partial charge in [0.05, 0.1) is 5.75 Å². The van der Waals surface area contributed by atoms with E-state index >= 15 is 0 Å². The first-order valence-electron chi connectivity index (χ1n) is 4.48. The van der Waals surface area contributed by atoms with Gasteiger partial charge in [-0.25, -0.2) is 0 Å². The Balaban J connectivity index is 2.54. The molecule has 0 unspecified atom stereocenters. The lowest BCUT2D eigenvalue weighted by atomic mass is 9.91. The largest absolute Gasteiger partial charge is 0.354 e. The Morgan fingerprint density at radius 1 is 1.64 bits per heavy atom. The predicted molar refractivity (Wildman–Crippen MR) is 64.2 cm³/mol. The molecule has 1 aromatic rings. The van der Waals surface area contributed by atoms with E-state index in [-0.39, 0.29) is 17.1 Å². The molecule has 1 N–H and O–H groups in total. The van der Waals surface area contributed by atoms with Gasteiger partial charge >= 0.3 is 0 Å². The van der Waals surface area contributed by atoms with E-state index in [0.29, 0.717) is 6.54 Å². The third-order valence-corrected chi connectivity index (χ3v) is 3.58. The zero-order valence-electron chi connectivity index (χ0n) is 8.41. The van der Waals surface area contributed by atoms with Gasteiger partial charge in [0.1, 0.15) is 0 Å². The Labute approximate surface area is 94.1 Å². The van der Waals surface area contributed by atoms with Crippen molar-refractivity contribution in [3.05, 3.63) is 22.4 Å². The van der Waals surface area contributed by atoms with Gasteiger partial charge in [0.15, 0.2) is 0 Å². The van der Waals surface area contributed by atoms with E-state index in [9.17, 15) is 4.79 Å². The molecule has 0 fully saturated rings. The summed E-state index contributed by atoms with van der Waals surface area (Å²) in [5.41, 5.74) is 0.00672. The van der Waals surface area contributed by atoms with Crippen LogP contribution in [0.25, 0.3) is 0 Å². The normalized spacial score (nSPS) is 11.4. The smallest absolute Gasteiger partial charge is 0.229 e. The molecule has 1 heterocycles. The second-order valence-electron chi connectivity index (χ2n) is 3.80. The number of thiophene rings is 1. The van der Waals surface area contributed by atoms with Crippen LogP contribution in [-0.2, 0) is 10.2 Å². The van der Waals surface area contributed by atoms with Crippen molar-refractivity contribution in [2.24, 2.45) is 0 Å². The van der Waals surface area contributed by atoms with Crippen molar-refractivity contribution < 1.29 is 4.79 Å². The molecule has 0 aliphatic heterocycles. The minimum absolute atomic E-state index is 0.00672. The molecule has 0 spiro atoms. The fourth-order valence-corrected chi connectivity index (χ4v) is 2.09. The topological polar surface area (TPSA) is 29.1 Å². The highest BCUT2D eigenvalue weighted by atomic mass is 32.1. The molecule has 78 valence electrons. The number of thiol groups is 1. The van der Waals surface area contributed by atoms with Gasteiger partial charge in [0.2, 0.25) is 5.91 Å². The molecule has 0 aliphatic carbocycles. The van der Waals surface area contributed by atoms with Gasteiger partial charge in [-0.15, -0.1) is 11.3 Å². The maximum absolute atomic E-state index is 11.0. The van der Waals surface area contributed by atoms with E-state index in [1.54, 1.807) is 11.3 Å². The third-order valence-electron chi connectivity index (χ3n) is 2.06. The second kappa shape index (κ2) is 4.84. The van der Waals surface area contributed by atoms with Crippen LogP contribution < -0.4 is 5.32 Å². The highest BCUT2D eigenvalue weighted by Gasteiger charge is 2.21. The van der Waals surface area contributed by atoms with Crippen LogP contribution in [0.2, 0.25) is 0 Å². The number of carbonyl (C=O) groups excluding carboxylic acids is 1. The van der Waals surface area contributed by atoms with E-state index < -0.39 is 0 Å². The molecule has 1 aromatic heterocycles. The van der Waals surface area contributed by atoms with Gasteiger partial charge in [-0.2, -0.15) is 12.6 Å². The molecule has 2 nitrogen and oxygen atoms in total. The number of amides is 1. The molecule has 0 aliphatic rings. The highest BCUT2D eigenvalue weighted by molar-refractivity contribution is 7.81. The maximum atomic E-state index is 11.0. The summed E-state index contributed by atoms with van der Waals surface area (Å²) in [5, 5.41) is 4.91. The highest BCUT2D eigenvalue weighted by Crippen LogP contribution is 2.26. The van der Waals surface area contributed by atoms with Crippen LogP contribution in [-0.4, -0.2) is 18.2 Å². The number of rotatable bonds is 4. The lowest BCUT2D eigenvalue weighted by molar-refractivity contribution is -0.118. The number of nitrogens with one attached hydrogen (secondary N) is 1. The second-order valence-corrected chi connectivity index (χ2v) is 5.06. The van der Waals surface area contributed by atoms with Gasteiger partial charge in [-0.1, -0.05) is 19.9 Å². The van der Waals surface area contributed by atoms with Crippen molar-refractivity contribution in [1.29, 1.82) is 0 Å². The maximum Gasteiger partial charge on any atom is 0.229 e. The SMILES string of the molecule is CC(C)(CNC(=O)CS)c1cccs1. The van der Waals surface area contributed by atoms with Crippen LogP contribution in [0, 0.1) is 0 Å². The molecular weight excluding hydrogens is 214 g/mol. The minimum atomic E-state index is -0.0158. The third kappa shape index (κ3) is 3.03. The average molecular weight is 229 g/mol. The molecule has 14 heavy (non-hydrogen) atoms. The Bertz CT molecular complexity index is 293. The van der Waals surface area contributed by atoms with Crippen LogP contribution in [0.1, 0.15) is 18.7 Å². The van der Waals surface area contributed by atoms with Crippen molar-refractivity contribution in [1.82, 2.24) is 5.32 Å². The molecule has 0 aromatic carbocycles. The van der Waals surface area contributed by atoms with Crippen LogP contribution in [0.4, 0.5) is 0 Å². The van der Waals surface area contributed by atoms with E-state index in [4.69, 9.17) is 0 Å². The summed E-state index contributed by atoms with van der Waals surface area (Å²) in [6, 6.07) is 4.12. The summed E-state index contributed by atoms with van der Waals surface area (Å²) in [7, 11) is 0. The molecule has 1 amide bonds. The van der Waals surface area contributed by atoms with Gasteiger partial charge < -0.3 is 5.32 Å². The first kappa shape index (κ1) is 11.6. The monoisotopic (exact) mass is 229 g/mol. The Morgan fingerprint density at radius 2 is 2.36 bits per heavy atom. The van der Waals surface area contributed by atoms with Crippen molar-refractivity contribution in [2.45, 2.75) is 19.3 Å². The predicted octanol–water partition coefficient (Wildman–Crippen LogP) is 2.07. The summed E-state index contributed by atoms with van der Waals surface area (Å²) in [4.78, 5) is 12.3. The van der Waals surface area contributed by atoms with E-state index in [1.165, 1.54) is 4.88 Å². The lowest BCUT2D eigenvalue weighted by Gasteiger charge is -2.23. The summed E-state index contributed by atoms with van der Waals surface area (Å²) in [5.74, 6) is 0.235. The van der Waals surface area contributed by atoms with Crippen molar-refractivity contribution in [2.75, 3.05) is 12.3 Å². The van der Waals surface area contributed by atoms with Crippen molar-refractivity contribution in [3.63, 3.8) is 0 Å². The van der Waals surface area contributed by atoms with Gasteiger partial charge in [-0.3, -0.25) is 4.79 Å². The van der Waals surface area contributed by atoms with Crippen LogP contribution in [0.15, 0.2) is 17.5 Å². The fourth-order valence-electron chi connectivity index (χ4n) is 1.13.